The number of aryl methyl sites for hydroxylation is 1. The van der Waals surface area contributed by atoms with Crippen molar-refractivity contribution in [1.29, 1.82) is 0 Å². The molecule has 1 saturated heterocycles. The maximum atomic E-state index is 13.9. The summed E-state index contributed by atoms with van der Waals surface area (Å²) in [4.78, 5) is 28.1. The van der Waals surface area contributed by atoms with Gasteiger partial charge in [-0.25, -0.2) is 4.39 Å². The lowest BCUT2D eigenvalue weighted by Gasteiger charge is -2.27. The molecule has 1 N–H and O–H groups in total. The first-order valence-corrected chi connectivity index (χ1v) is 11.4. The predicted molar refractivity (Wildman–Crippen MR) is 134 cm³/mol. The van der Waals surface area contributed by atoms with Crippen molar-refractivity contribution in [2.75, 3.05) is 12.0 Å². The lowest BCUT2D eigenvalue weighted by molar-refractivity contribution is -0.132. The third kappa shape index (κ3) is 4.32. The number of methoxy groups -OCH3 is 1. The standard InChI is InChI=1S/C29H28FNO4/c1-17-16-18(10-15-22(17)30)26(32)24-25(21-8-6-7-9-23(21)35-5)31(28(34)27(24)33)20-13-11-19(12-14-20)29(2,3)4/h6-16,25,32H,1-5H3/b26-24+. The van der Waals surface area contributed by atoms with Crippen LogP contribution in [0.25, 0.3) is 5.76 Å². The molecule has 0 spiro atoms. The predicted octanol–water partition coefficient (Wildman–Crippen LogP) is 6.07. The lowest BCUT2D eigenvalue weighted by Crippen LogP contribution is -2.29. The monoisotopic (exact) mass is 473 g/mol. The van der Waals surface area contributed by atoms with Crippen molar-refractivity contribution < 1.29 is 23.8 Å². The summed E-state index contributed by atoms with van der Waals surface area (Å²) in [6.45, 7) is 7.84. The van der Waals surface area contributed by atoms with Gasteiger partial charge in [-0.05, 0) is 59.9 Å². The van der Waals surface area contributed by atoms with E-state index in [-0.39, 0.29) is 22.3 Å². The number of halogens is 1. The van der Waals surface area contributed by atoms with Crippen molar-refractivity contribution in [3.63, 3.8) is 0 Å². The number of benzene rings is 3. The van der Waals surface area contributed by atoms with Crippen LogP contribution in [0.15, 0.2) is 72.3 Å². The molecule has 1 atom stereocenters. The Labute approximate surface area is 204 Å². The molecule has 1 aliphatic heterocycles. The summed E-state index contributed by atoms with van der Waals surface area (Å²) >= 11 is 0. The molecule has 0 bridgehead atoms. The minimum atomic E-state index is -0.933. The second-order valence-corrected chi connectivity index (χ2v) is 9.67. The van der Waals surface area contributed by atoms with Gasteiger partial charge in [0.25, 0.3) is 11.7 Å². The Morgan fingerprint density at radius 1 is 1.00 bits per heavy atom. The minimum Gasteiger partial charge on any atom is -0.507 e. The van der Waals surface area contributed by atoms with Crippen LogP contribution in [0.3, 0.4) is 0 Å². The van der Waals surface area contributed by atoms with Crippen LogP contribution in [0.5, 0.6) is 5.75 Å². The topological polar surface area (TPSA) is 66.8 Å². The van der Waals surface area contributed by atoms with E-state index in [0.29, 0.717) is 22.6 Å². The average molecular weight is 474 g/mol. The normalized spacial score (nSPS) is 17.7. The zero-order valence-electron chi connectivity index (χ0n) is 20.4. The zero-order valence-corrected chi connectivity index (χ0v) is 20.4. The van der Waals surface area contributed by atoms with Gasteiger partial charge >= 0.3 is 0 Å². The SMILES string of the molecule is COc1ccccc1C1/C(=C(\O)c2ccc(F)c(C)c2)C(=O)C(=O)N1c1ccc(C(C)(C)C)cc1. The third-order valence-electron chi connectivity index (χ3n) is 6.32. The molecular weight excluding hydrogens is 445 g/mol. The van der Waals surface area contributed by atoms with E-state index in [1.807, 2.05) is 12.1 Å². The van der Waals surface area contributed by atoms with Gasteiger partial charge in [0.15, 0.2) is 0 Å². The molecule has 35 heavy (non-hydrogen) atoms. The number of Topliss-reactive ketones (excluding diaryl/α,β-unsaturated/α-hetero) is 1. The minimum absolute atomic E-state index is 0.0783. The second-order valence-electron chi connectivity index (χ2n) is 9.67. The molecule has 6 heteroatoms. The summed E-state index contributed by atoms with van der Waals surface area (Å²) < 4.78 is 19.4. The highest BCUT2D eigenvalue weighted by Gasteiger charge is 2.48. The molecule has 1 fully saturated rings. The molecule has 180 valence electrons. The maximum absolute atomic E-state index is 13.9. The van der Waals surface area contributed by atoms with E-state index >= 15 is 0 Å². The summed E-state index contributed by atoms with van der Waals surface area (Å²) in [5, 5.41) is 11.3. The molecule has 1 heterocycles. The largest absolute Gasteiger partial charge is 0.507 e. The van der Waals surface area contributed by atoms with Gasteiger partial charge in [0.05, 0.1) is 18.7 Å². The number of aliphatic hydroxyl groups is 1. The van der Waals surface area contributed by atoms with Gasteiger partial charge in [0.1, 0.15) is 17.3 Å². The molecule has 3 aromatic carbocycles. The molecule has 0 aromatic heterocycles. The maximum Gasteiger partial charge on any atom is 0.300 e. The number of carbonyl (C=O) groups is 2. The van der Waals surface area contributed by atoms with Crippen LogP contribution in [0.2, 0.25) is 0 Å². The molecule has 0 saturated carbocycles. The van der Waals surface area contributed by atoms with E-state index in [0.717, 1.165) is 5.56 Å². The number of amides is 1. The van der Waals surface area contributed by atoms with E-state index in [4.69, 9.17) is 4.74 Å². The van der Waals surface area contributed by atoms with Gasteiger partial charge in [-0.15, -0.1) is 0 Å². The number of nitrogens with zero attached hydrogens (tertiary/aromatic N) is 1. The Kier molecular flexibility index (Phi) is 6.24. The number of ketones is 1. The number of carbonyl (C=O) groups excluding carboxylic acids is 2. The van der Waals surface area contributed by atoms with Crippen LogP contribution in [0.1, 0.15) is 49.1 Å². The first kappa shape index (κ1) is 24.2. The molecule has 0 radical (unpaired) electrons. The number of hydrogen-bond acceptors (Lipinski definition) is 4. The first-order chi connectivity index (χ1) is 16.5. The summed E-state index contributed by atoms with van der Waals surface area (Å²) in [6, 6.07) is 17.7. The smallest absolute Gasteiger partial charge is 0.300 e. The third-order valence-corrected chi connectivity index (χ3v) is 6.32. The molecule has 1 aliphatic rings. The number of ether oxygens (including phenoxy) is 1. The van der Waals surface area contributed by atoms with Crippen LogP contribution in [0, 0.1) is 12.7 Å². The van der Waals surface area contributed by atoms with Gasteiger partial charge in [0, 0.05) is 16.8 Å². The summed E-state index contributed by atoms with van der Waals surface area (Å²) in [6.07, 6.45) is 0. The molecule has 1 unspecified atom stereocenters. The van der Waals surface area contributed by atoms with Gasteiger partial charge in [0.2, 0.25) is 0 Å². The highest BCUT2D eigenvalue weighted by Crippen LogP contribution is 2.45. The Morgan fingerprint density at radius 3 is 2.26 bits per heavy atom. The van der Waals surface area contributed by atoms with Gasteiger partial charge in [-0.2, -0.15) is 0 Å². The molecule has 0 aliphatic carbocycles. The summed E-state index contributed by atoms with van der Waals surface area (Å²) in [5.74, 6) is -1.90. The van der Waals surface area contributed by atoms with Crippen LogP contribution in [0.4, 0.5) is 10.1 Å². The fourth-order valence-electron chi connectivity index (χ4n) is 4.35. The second kappa shape index (κ2) is 9.02. The lowest BCUT2D eigenvalue weighted by atomic mass is 9.87. The molecule has 3 aromatic rings. The quantitative estimate of drug-likeness (QED) is 0.284. The Morgan fingerprint density at radius 2 is 1.66 bits per heavy atom. The Hall–Kier alpha value is -3.93. The van der Waals surface area contributed by atoms with Crippen LogP contribution in [-0.4, -0.2) is 23.9 Å². The Balaban J connectivity index is 1.95. The molecule has 4 rings (SSSR count). The highest BCUT2D eigenvalue weighted by atomic mass is 19.1. The van der Waals surface area contributed by atoms with Crippen LogP contribution < -0.4 is 9.64 Å². The van der Waals surface area contributed by atoms with Gasteiger partial charge in [-0.1, -0.05) is 51.1 Å². The highest BCUT2D eigenvalue weighted by molar-refractivity contribution is 6.51. The zero-order chi connectivity index (χ0) is 25.5. The molecular formula is C29H28FNO4. The fourth-order valence-corrected chi connectivity index (χ4v) is 4.35. The van der Waals surface area contributed by atoms with Crippen molar-refractivity contribution in [3.05, 3.63) is 100 Å². The van der Waals surface area contributed by atoms with E-state index in [9.17, 15) is 19.1 Å². The van der Waals surface area contributed by atoms with Crippen molar-refractivity contribution in [2.24, 2.45) is 0 Å². The number of anilines is 1. The molecule has 5 nitrogen and oxygen atoms in total. The molecule has 1 amide bonds. The Bertz CT molecular complexity index is 1340. The first-order valence-electron chi connectivity index (χ1n) is 11.4. The van der Waals surface area contributed by atoms with E-state index < -0.39 is 23.5 Å². The van der Waals surface area contributed by atoms with E-state index in [1.165, 1.54) is 30.2 Å². The number of para-hydroxylation sites is 1. The number of aliphatic hydroxyl groups excluding tert-OH is 1. The van der Waals surface area contributed by atoms with E-state index in [1.54, 1.807) is 43.3 Å². The summed E-state index contributed by atoms with van der Waals surface area (Å²) in [7, 11) is 1.51. The van der Waals surface area contributed by atoms with Gasteiger partial charge in [-0.3, -0.25) is 14.5 Å². The summed E-state index contributed by atoms with van der Waals surface area (Å²) in [5.41, 5.74) is 2.55. The van der Waals surface area contributed by atoms with Gasteiger partial charge < -0.3 is 9.84 Å². The van der Waals surface area contributed by atoms with E-state index in [2.05, 4.69) is 20.8 Å². The fraction of sp³-hybridized carbons (Fsp3) is 0.241. The van der Waals surface area contributed by atoms with Crippen molar-refractivity contribution in [1.82, 2.24) is 0 Å². The van der Waals surface area contributed by atoms with Crippen LogP contribution >= 0.6 is 0 Å². The van der Waals surface area contributed by atoms with Crippen molar-refractivity contribution in [3.8, 4) is 5.75 Å². The number of hydrogen-bond donors (Lipinski definition) is 1. The average Bonchev–Trinajstić information content (AvgIpc) is 3.10. The number of rotatable bonds is 4. The van der Waals surface area contributed by atoms with Crippen LogP contribution in [-0.2, 0) is 15.0 Å². The van der Waals surface area contributed by atoms with Crippen molar-refractivity contribution >= 4 is 23.1 Å². The van der Waals surface area contributed by atoms with Crippen molar-refractivity contribution in [2.45, 2.75) is 39.2 Å².